The minimum Gasteiger partial charge on any atom is -0.494 e. The van der Waals surface area contributed by atoms with Crippen molar-refractivity contribution in [2.45, 2.75) is 31.0 Å². The number of ether oxygens (including phenoxy) is 4. The molecule has 0 radical (unpaired) electrons. The van der Waals surface area contributed by atoms with Crippen molar-refractivity contribution >= 4 is 28.6 Å². The largest absolute Gasteiger partial charge is 0.494 e. The molecular weight excluding hydrogens is 538 g/mol. The average Bonchev–Trinajstić information content (AvgIpc) is 3.43. The number of carbonyl (C=O) groups excluding carboxylic acids is 1. The fourth-order valence-electron chi connectivity index (χ4n) is 5.10. The van der Waals surface area contributed by atoms with Gasteiger partial charge in [0.2, 0.25) is 11.9 Å². The zero-order valence-electron chi connectivity index (χ0n) is 23.1. The predicted octanol–water partition coefficient (Wildman–Crippen LogP) is 3.08. The lowest BCUT2D eigenvalue weighted by atomic mass is 10.0. The standard InChI is InChI=1S/C28H32F2N6O5/c1-5-22(37)32-18-13-41-14-19(18)34-28-31-12-15-10-17(23-24(29)20(39-3)11-21(40-4)25(23)30)33-27(26(15)35-28)36-8-6-16(38-2)7-9-36/h5,10-12,16,18-19H,1,6-9,13-14H2,2-4H3,(H,32,37)(H,31,34,35)/t18-,19+/m0/s1. The molecule has 13 heteroatoms. The van der Waals surface area contributed by atoms with Crippen molar-refractivity contribution in [2.24, 2.45) is 0 Å². The minimum absolute atomic E-state index is 0.0502. The van der Waals surface area contributed by atoms with Gasteiger partial charge in [0, 0.05) is 37.8 Å². The predicted molar refractivity (Wildman–Crippen MR) is 148 cm³/mol. The van der Waals surface area contributed by atoms with Crippen LogP contribution in [0.4, 0.5) is 20.5 Å². The molecule has 2 aliphatic rings. The number of halogens is 2. The van der Waals surface area contributed by atoms with Crippen molar-refractivity contribution < 1.29 is 32.5 Å². The van der Waals surface area contributed by atoms with Crippen molar-refractivity contribution in [2.75, 3.05) is 57.8 Å². The van der Waals surface area contributed by atoms with Crippen LogP contribution in [-0.2, 0) is 14.3 Å². The molecule has 0 aliphatic carbocycles. The van der Waals surface area contributed by atoms with Gasteiger partial charge in [0.1, 0.15) is 5.52 Å². The topological polar surface area (TPSA) is 120 Å². The fraction of sp³-hybridized carbons (Fsp3) is 0.429. The van der Waals surface area contributed by atoms with Crippen molar-refractivity contribution in [1.82, 2.24) is 20.3 Å². The number of fused-ring (bicyclic) bond motifs is 1. The summed E-state index contributed by atoms with van der Waals surface area (Å²) in [4.78, 5) is 27.8. The summed E-state index contributed by atoms with van der Waals surface area (Å²) in [5, 5.41) is 6.61. The second-order valence-electron chi connectivity index (χ2n) is 9.78. The number of hydrogen-bond acceptors (Lipinski definition) is 10. The van der Waals surface area contributed by atoms with Gasteiger partial charge in [-0.15, -0.1) is 0 Å². The molecule has 2 aromatic heterocycles. The van der Waals surface area contributed by atoms with Gasteiger partial charge in [0.25, 0.3) is 0 Å². The molecule has 5 rings (SSSR count). The first kappa shape index (κ1) is 28.4. The molecule has 4 heterocycles. The van der Waals surface area contributed by atoms with Gasteiger partial charge in [-0.3, -0.25) is 4.79 Å². The summed E-state index contributed by atoms with van der Waals surface area (Å²) in [5.74, 6) is -1.68. The Labute approximate surface area is 235 Å². The van der Waals surface area contributed by atoms with Gasteiger partial charge in [-0.1, -0.05) is 6.58 Å². The number of anilines is 2. The van der Waals surface area contributed by atoms with E-state index in [0.29, 0.717) is 49.0 Å². The molecule has 218 valence electrons. The van der Waals surface area contributed by atoms with Crippen molar-refractivity contribution in [3.8, 4) is 22.8 Å². The van der Waals surface area contributed by atoms with Gasteiger partial charge in [-0.2, -0.15) is 0 Å². The van der Waals surface area contributed by atoms with Crippen LogP contribution in [0.3, 0.4) is 0 Å². The smallest absolute Gasteiger partial charge is 0.243 e. The van der Waals surface area contributed by atoms with Crippen LogP contribution in [0.5, 0.6) is 11.5 Å². The third kappa shape index (κ3) is 5.72. The molecule has 11 nitrogen and oxygen atoms in total. The van der Waals surface area contributed by atoms with Gasteiger partial charge in [0.05, 0.1) is 56.9 Å². The first-order valence-corrected chi connectivity index (χ1v) is 13.2. The number of nitrogens with zero attached hydrogens (tertiary/aromatic N) is 4. The SMILES string of the molecule is C=CC(=O)N[C@H]1COC[C@H]1Nc1ncc2cc(-c3c(F)c(OC)cc(OC)c3F)nc(N3CCC(OC)CC3)c2n1. The molecule has 1 aromatic carbocycles. The monoisotopic (exact) mass is 570 g/mol. The maximum absolute atomic E-state index is 15.5. The van der Waals surface area contributed by atoms with E-state index in [9.17, 15) is 4.79 Å². The Kier molecular flexibility index (Phi) is 8.45. The molecule has 1 amide bonds. The molecular formula is C28H32F2N6O5. The van der Waals surface area contributed by atoms with E-state index in [4.69, 9.17) is 28.9 Å². The minimum atomic E-state index is -0.894. The van der Waals surface area contributed by atoms with Crippen LogP contribution in [-0.4, -0.2) is 86.7 Å². The number of aromatic nitrogens is 3. The number of nitrogens with one attached hydrogen (secondary N) is 2. The highest BCUT2D eigenvalue weighted by Crippen LogP contribution is 2.39. The highest BCUT2D eigenvalue weighted by atomic mass is 19.1. The molecule has 2 saturated heterocycles. The zero-order valence-corrected chi connectivity index (χ0v) is 23.1. The third-order valence-electron chi connectivity index (χ3n) is 7.36. The Bertz CT molecular complexity index is 1420. The van der Waals surface area contributed by atoms with Crippen LogP contribution >= 0.6 is 0 Å². The zero-order chi connectivity index (χ0) is 29.1. The van der Waals surface area contributed by atoms with Gasteiger partial charge in [0.15, 0.2) is 29.0 Å². The first-order chi connectivity index (χ1) is 19.9. The van der Waals surface area contributed by atoms with Crippen LogP contribution < -0.4 is 25.0 Å². The van der Waals surface area contributed by atoms with Gasteiger partial charge < -0.3 is 34.5 Å². The number of methoxy groups -OCH3 is 3. The Morgan fingerprint density at radius 3 is 2.39 bits per heavy atom. The van der Waals surface area contributed by atoms with E-state index in [2.05, 4.69) is 22.2 Å². The van der Waals surface area contributed by atoms with E-state index in [-0.39, 0.29) is 46.9 Å². The quantitative estimate of drug-likeness (QED) is 0.372. The Hall–Kier alpha value is -4.10. The van der Waals surface area contributed by atoms with E-state index >= 15 is 8.78 Å². The summed E-state index contributed by atoms with van der Waals surface area (Å²) in [5.41, 5.74) is 0.180. The molecule has 0 bridgehead atoms. The van der Waals surface area contributed by atoms with Crippen molar-refractivity contribution in [3.63, 3.8) is 0 Å². The lowest BCUT2D eigenvalue weighted by Gasteiger charge is -2.32. The normalized spacial score (nSPS) is 19.3. The summed E-state index contributed by atoms with van der Waals surface area (Å²) < 4.78 is 52.3. The second kappa shape index (κ2) is 12.2. The van der Waals surface area contributed by atoms with Crippen LogP contribution in [0, 0.1) is 11.6 Å². The molecule has 3 aromatic rings. The number of amides is 1. The van der Waals surface area contributed by atoms with Crippen LogP contribution in [0.25, 0.3) is 22.2 Å². The summed E-state index contributed by atoms with van der Waals surface area (Å²) in [6.45, 7) is 5.38. The number of carbonyl (C=O) groups is 1. The first-order valence-electron chi connectivity index (χ1n) is 13.2. The van der Waals surface area contributed by atoms with E-state index in [0.717, 1.165) is 18.9 Å². The van der Waals surface area contributed by atoms with E-state index < -0.39 is 11.6 Å². The average molecular weight is 571 g/mol. The summed E-state index contributed by atoms with van der Waals surface area (Å²) in [6, 6.07) is 2.11. The maximum Gasteiger partial charge on any atom is 0.243 e. The van der Waals surface area contributed by atoms with E-state index in [1.807, 2.05) is 4.90 Å². The van der Waals surface area contributed by atoms with Crippen LogP contribution in [0.2, 0.25) is 0 Å². The molecule has 41 heavy (non-hydrogen) atoms. The van der Waals surface area contributed by atoms with Crippen molar-refractivity contribution in [1.29, 1.82) is 0 Å². The number of pyridine rings is 1. The molecule has 2 aliphatic heterocycles. The number of rotatable bonds is 9. The lowest BCUT2D eigenvalue weighted by molar-refractivity contribution is -0.117. The highest BCUT2D eigenvalue weighted by Gasteiger charge is 2.31. The molecule has 0 spiro atoms. The Morgan fingerprint density at radius 2 is 1.76 bits per heavy atom. The highest BCUT2D eigenvalue weighted by molar-refractivity contribution is 5.92. The summed E-state index contributed by atoms with van der Waals surface area (Å²) in [6.07, 6.45) is 4.38. The molecule has 0 unspecified atom stereocenters. The Morgan fingerprint density at radius 1 is 1.07 bits per heavy atom. The van der Waals surface area contributed by atoms with Crippen LogP contribution in [0.1, 0.15) is 12.8 Å². The maximum atomic E-state index is 15.5. The van der Waals surface area contributed by atoms with Crippen LogP contribution in [0.15, 0.2) is 31.0 Å². The van der Waals surface area contributed by atoms with Crippen molar-refractivity contribution in [3.05, 3.63) is 42.6 Å². The van der Waals surface area contributed by atoms with E-state index in [1.54, 1.807) is 13.3 Å². The number of benzene rings is 1. The molecule has 0 saturated carbocycles. The summed E-state index contributed by atoms with van der Waals surface area (Å²) in [7, 11) is 4.27. The fourth-order valence-corrected chi connectivity index (χ4v) is 5.10. The third-order valence-corrected chi connectivity index (χ3v) is 7.36. The molecule has 2 N–H and O–H groups in total. The second-order valence-corrected chi connectivity index (χ2v) is 9.78. The number of piperidine rings is 1. The molecule has 2 atom stereocenters. The van der Waals surface area contributed by atoms with Gasteiger partial charge in [-0.05, 0) is 25.0 Å². The number of hydrogen-bond donors (Lipinski definition) is 2. The van der Waals surface area contributed by atoms with Gasteiger partial charge in [-0.25, -0.2) is 23.7 Å². The summed E-state index contributed by atoms with van der Waals surface area (Å²) >= 11 is 0. The molecule has 2 fully saturated rings. The Balaban J connectivity index is 1.58. The van der Waals surface area contributed by atoms with Gasteiger partial charge >= 0.3 is 0 Å². The van der Waals surface area contributed by atoms with E-state index in [1.165, 1.54) is 26.4 Å². The lowest BCUT2D eigenvalue weighted by Crippen LogP contribution is -2.45.